The molecule has 17 heavy (non-hydrogen) atoms. The molecule has 2 N–H and O–H groups in total. The Hall–Kier alpha value is -1.55. The number of hydrogen-bond acceptors (Lipinski definition) is 4. The van der Waals surface area contributed by atoms with E-state index in [0.29, 0.717) is 24.5 Å². The molecule has 1 aliphatic carbocycles. The molecular weight excluding hydrogens is 214 g/mol. The van der Waals surface area contributed by atoms with Crippen molar-refractivity contribution in [3.8, 4) is 0 Å². The SMILES string of the molecule is CN(c1nc2ccccc2o1)C(CN)C1CC1. The Morgan fingerprint density at radius 2 is 2.24 bits per heavy atom. The average Bonchev–Trinajstić information content (AvgIpc) is 3.08. The number of hydrogen-bond donors (Lipinski definition) is 1. The van der Waals surface area contributed by atoms with Crippen LogP contribution in [0.5, 0.6) is 0 Å². The number of fused-ring (bicyclic) bond motifs is 1. The second-order valence-corrected chi connectivity index (χ2v) is 4.72. The van der Waals surface area contributed by atoms with Crippen molar-refractivity contribution >= 4 is 17.1 Å². The molecule has 4 nitrogen and oxygen atoms in total. The summed E-state index contributed by atoms with van der Waals surface area (Å²) in [5.74, 6) is 0.708. The second-order valence-electron chi connectivity index (χ2n) is 4.72. The number of rotatable bonds is 4. The topological polar surface area (TPSA) is 55.3 Å². The summed E-state index contributed by atoms with van der Waals surface area (Å²) >= 11 is 0. The van der Waals surface area contributed by atoms with Gasteiger partial charge >= 0.3 is 0 Å². The third-order valence-corrected chi connectivity index (χ3v) is 3.49. The van der Waals surface area contributed by atoms with Crippen LogP contribution < -0.4 is 10.6 Å². The summed E-state index contributed by atoms with van der Waals surface area (Å²) in [5.41, 5.74) is 7.57. The molecule has 4 heteroatoms. The lowest BCUT2D eigenvalue weighted by Crippen LogP contribution is -2.39. The van der Waals surface area contributed by atoms with Gasteiger partial charge in [-0.3, -0.25) is 0 Å². The Balaban J connectivity index is 1.91. The summed E-state index contributed by atoms with van der Waals surface area (Å²) < 4.78 is 5.75. The standard InChI is InChI=1S/C13H17N3O/c1-16(11(8-14)9-6-7-9)13-15-10-4-2-3-5-12(10)17-13/h2-5,9,11H,6-8,14H2,1H3. The summed E-state index contributed by atoms with van der Waals surface area (Å²) in [5, 5.41) is 0. The highest BCUT2D eigenvalue weighted by atomic mass is 16.4. The quantitative estimate of drug-likeness (QED) is 0.874. The Labute approximate surface area is 100 Å². The first-order chi connectivity index (χ1) is 8.29. The number of aromatic nitrogens is 1. The summed E-state index contributed by atoms with van der Waals surface area (Å²) in [7, 11) is 2.01. The first-order valence-corrected chi connectivity index (χ1v) is 6.08. The Bertz CT molecular complexity index is 485. The predicted molar refractivity (Wildman–Crippen MR) is 68.0 cm³/mol. The van der Waals surface area contributed by atoms with Crippen LogP contribution in [0.2, 0.25) is 0 Å². The van der Waals surface area contributed by atoms with Crippen molar-refractivity contribution in [2.45, 2.75) is 18.9 Å². The third-order valence-electron chi connectivity index (χ3n) is 3.49. The maximum atomic E-state index is 5.84. The minimum Gasteiger partial charge on any atom is -0.423 e. The zero-order valence-corrected chi connectivity index (χ0v) is 9.97. The number of likely N-dealkylation sites (N-methyl/N-ethyl adjacent to an activating group) is 1. The highest BCUT2D eigenvalue weighted by molar-refractivity contribution is 5.74. The number of oxazole rings is 1. The number of anilines is 1. The summed E-state index contributed by atoms with van der Waals surface area (Å²) in [6, 6.07) is 8.85. The van der Waals surface area contributed by atoms with Gasteiger partial charge in [0.1, 0.15) is 5.52 Å². The molecule has 1 fully saturated rings. The molecule has 1 saturated carbocycles. The van der Waals surface area contributed by atoms with Crippen molar-refractivity contribution in [2.75, 3.05) is 18.5 Å². The van der Waals surface area contributed by atoms with E-state index in [2.05, 4.69) is 9.88 Å². The molecule has 1 aliphatic rings. The fraction of sp³-hybridized carbons (Fsp3) is 0.462. The van der Waals surface area contributed by atoms with Gasteiger partial charge in [0.05, 0.1) is 0 Å². The fourth-order valence-corrected chi connectivity index (χ4v) is 2.30. The molecule has 1 unspecified atom stereocenters. The number of nitrogens with two attached hydrogens (primary N) is 1. The van der Waals surface area contributed by atoms with Crippen molar-refractivity contribution in [3.63, 3.8) is 0 Å². The van der Waals surface area contributed by atoms with Crippen molar-refractivity contribution in [3.05, 3.63) is 24.3 Å². The van der Waals surface area contributed by atoms with Crippen LogP contribution in [-0.4, -0.2) is 24.6 Å². The van der Waals surface area contributed by atoms with Gasteiger partial charge < -0.3 is 15.1 Å². The molecule has 0 radical (unpaired) electrons. The average molecular weight is 231 g/mol. The van der Waals surface area contributed by atoms with Crippen molar-refractivity contribution in [2.24, 2.45) is 11.7 Å². The zero-order chi connectivity index (χ0) is 11.8. The molecule has 0 aliphatic heterocycles. The summed E-state index contributed by atoms with van der Waals surface area (Å²) in [6.07, 6.45) is 2.54. The van der Waals surface area contributed by atoms with E-state index in [1.807, 2.05) is 31.3 Å². The maximum absolute atomic E-state index is 5.84. The third kappa shape index (κ3) is 1.89. The molecular formula is C13H17N3O. The predicted octanol–water partition coefficient (Wildman–Crippen LogP) is 2.00. The highest BCUT2D eigenvalue weighted by Crippen LogP contribution is 2.36. The number of benzene rings is 1. The van der Waals surface area contributed by atoms with Crippen LogP contribution in [0.1, 0.15) is 12.8 Å². The maximum Gasteiger partial charge on any atom is 0.298 e. The Morgan fingerprint density at radius 3 is 2.88 bits per heavy atom. The first-order valence-electron chi connectivity index (χ1n) is 6.08. The lowest BCUT2D eigenvalue weighted by molar-refractivity contribution is 0.504. The monoisotopic (exact) mass is 231 g/mol. The first kappa shape index (κ1) is 10.6. The molecule has 90 valence electrons. The van der Waals surface area contributed by atoms with Gasteiger partial charge in [-0.05, 0) is 30.9 Å². The summed E-state index contributed by atoms with van der Waals surface area (Å²) in [4.78, 5) is 6.58. The van der Waals surface area contributed by atoms with Crippen LogP contribution in [-0.2, 0) is 0 Å². The van der Waals surface area contributed by atoms with Crippen molar-refractivity contribution in [1.82, 2.24) is 4.98 Å². The van der Waals surface area contributed by atoms with E-state index in [4.69, 9.17) is 10.2 Å². The second kappa shape index (κ2) is 4.04. The van der Waals surface area contributed by atoms with E-state index in [1.54, 1.807) is 0 Å². The summed E-state index contributed by atoms with van der Waals surface area (Å²) in [6.45, 7) is 0.653. The van der Waals surface area contributed by atoms with E-state index >= 15 is 0 Å². The molecule has 0 spiro atoms. The van der Waals surface area contributed by atoms with Gasteiger partial charge in [0.2, 0.25) is 0 Å². The van der Waals surface area contributed by atoms with E-state index < -0.39 is 0 Å². The van der Waals surface area contributed by atoms with E-state index in [9.17, 15) is 0 Å². The van der Waals surface area contributed by atoms with Gasteiger partial charge in [0.15, 0.2) is 5.58 Å². The molecule has 0 amide bonds. The van der Waals surface area contributed by atoms with Crippen LogP contribution in [0.4, 0.5) is 6.01 Å². The largest absolute Gasteiger partial charge is 0.423 e. The van der Waals surface area contributed by atoms with Gasteiger partial charge in [0.25, 0.3) is 6.01 Å². The normalized spacial score (nSPS) is 17.3. The fourth-order valence-electron chi connectivity index (χ4n) is 2.30. The molecule has 3 rings (SSSR count). The van der Waals surface area contributed by atoms with Crippen LogP contribution in [0.15, 0.2) is 28.7 Å². The van der Waals surface area contributed by atoms with Gasteiger partial charge in [-0.2, -0.15) is 4.98 Å². The smallest absolute Gasteiger partial charge is 0.298 e. The molecule has 0 saturated heterocycles. The minimum atomic E-state index is 0.350. The van der Waals surface area contributed by atoms with Gasteiger partial charge in [-0.1, -0.05) is 12.1 Å². The Kier molecular flexibility index (Phi) is 2.52. The van der Waals surface area contributed by atoms with Crippen LogP contribution in [0, 0.1) is 5.92 Å². The molecule has 1 aromatic carbocycles. The van der Waals surface area contributed by atoms with Gasteiger partial charge in [-0.15, -0.1) is 0 Å². The van der Waals surface area contributed by atoms with Crippen molar-refractivity contribution < 1.29 is 4.42 Å². The molecule has 1 aromatic heterocycles. The molecule has 2 aromatic rings. The lowest BCUT2D eigenvalue weighted by Gasteiger charge is -2.25. The van der Waals surface area contributed by atoms with Gasteiger partial charge in [0, 0.05) is 19.6 Å². The molecule has 1 atom stereocenters. The number of nitrogens with zero attached hydrogens (tertiary/aromatic N) is 2. The number of para-hydroxylation sites is 2. The molecule has 1 heterocycles. The van der Waals surface area contributed by atoms with Gasteiger partial charge in [-0.25, -0.2) is 0 Å². The minimum absolute atomic E-state index is 0.350. The van der Waals surface area contributed by atoms with E-state index in [0.717, 1.165) is 11.1 Å². The zero-order valence-electron chi connectivity index (χ0n) is 9.97. The van der Waals surface area contributed by atoms with Crippen molar-refractivity contribution in [1.29, 1.82) is 0 Å². The van der Waals surface area contributed by atoms with Crippen LogP contribution >= 0.6 is 0 Å². The van der Waals surface area contributed by atoms with E-state index in [-0.39, 0.29) is 0 Å². The lowest BCUT2D eigenvalue weighted by atomic mass is 10.2. The molecule has 0 bridgehead atoms. The van der Waals surface area contributed by atoms with E-state index in [1.165, 1.54) is 12.8 Å². The van der Waals surface area contributed by atoms with Crippen LogP contribution in [0.25, 0.3) is 11.1 Å². The van der Waals surface area contributed by atoms with Crippen LogP contribution in [0.3, 0.4) is 0 Å². The Morgan fingerprint density at radius 1 is 1.47 bits per heavy atom. The highest BCUT2D eigenvalue weighted by Gasteiger charge is 2.34.